The van der Waals surface area contributed by atoms with Gasteiger partial charge in [0.25, 0.3) is 5.91 Å². The maximum atomic E-state index is 12.4. The fraction of sp³-hybridized carbons (Fsp3) is 0.706. The van der Waals surface area contributed by atoms with E-state index in [2.05, 4.69) is 10.3 Å². The summed E-state index contributed by atoms with van der Waals surface area (Å²) >= 11 is 1.42. The minimum atomic E-state index is -0.0892. The van der Waals surface area contributed by atoms with E-state index in [1.807, 2.05) is 18.7 Å². The number of nitrogens with one attached hydrogen (secondary N) is 1. The Hall–Kier alpha value is -1.43. The highest BCUT2D eigenvalue weighted by Gasteiger charge is 2.35. The van der Waals surface area contributed by atoms with Crippen molar-refractivity contribution >= 4 is 23.2 Å². The molecule has 1 aliphatic heterocycles. The number of hydrogen-bond donors (Lipinski definition) is 1. The van der Waals surface area contributed by atoms with Crippen LogP contribution in [0.2, 0.25) is 0 Å². The van der Waals surface area contributed by atoms with E-state index in [0.717, 1.165) is 23.5 Å². The van der Waals surface area contributed by atoms with Crippen molar-refractivity contribution in [1.82, 2.24) is 15.2 Å². The van der Waals surface area contributed by atoms with Gasteiger partial charge in [0.1, 0.15) is 4.88 Å². The number of aryl methyl sites for hydroxylation is 2. The molecule has 3 rings (SSSR count). The number of carbonyl (C=O) groups excluding carboxylic acids is 2. The Morgan fingerprint density at radius 1 is 1.22 bits per heavy atom. The molecule has 5 nitrogen and oxygen atoms in total. The van der Waals surface area contributed by atoms with Crippen LogP contribution >= 0.6 is 11.3 Å². The van der Waals surface area contributed by atoms with Crippen LogP contribution in [0.4, 0.5) is 0 Å². The second-order valence-electron chi connectivity index (χ2n) is 6.71. The second-order valence-corrected chi connectivity index (χ2v) is 7.92. The third kappa shape index (κ3) is 3.74. The van der Waals surface area contributed by atoms with Gasteiger partial charge in [0.2, 0.25) is 5.91 Å². The molecule has 2 amide bonds. The second kappa shape index (κ2) is 6.99. The van der Waals surface area contributed by atoms with Crippen molar-refractivity contribution in [2.24, 2.45) is 0 Å². The van der Waals surface area contributed by atoms with Crippen LogP contribution in [-0.2, 0) is 4.79 Å². The van der Waals surface area contributed by atoms with Crippen molar-refractivity contribution in [2.75, 3.05) is 6.54 Å². The van der Waals surface area contributed by atoms with Crippen molar-refractivity contribution in [3.8, 4) is 0 Å². The monoisotopic (exact) mass is 335 g/mol. The first kappa shape index (κ1) is 16.4. The van der Waals surface area contributed by atoms with E-state index < -0.39 is 0 Å². The summed E-state index contributed by atoms with van der Waals surface area (Å²) in [4.78, 5) is 31.7. The maximum absolute atomic E-state index is 12.4. The molecule has 6 heteroatoms. The van der Waals surface area contributed by atoms with Crippen molar-refractivity contribution < 1.29 is 9.59 Å². The summed E-state index contributed by atoms with van der Waals surface area (Å²) < 4.78 is 0. The number of thiazole rings is 1. The van der Waals surface area contributed by atoms with Gasteiger partial charge >= 0.3 is 0 Å². The van der Waals surface area contributed by atoms with E-state index in [4.69, 9.17) is 0 Å². The SMILES string of the molecule is Cc1nc(C)c(C(=O)N[C@H]2CC(=O)N(C3CCCCCC3)C2)s1. The highest BCUT2D eigenvalue weighted by Crippen LogP contribution is 2.26. The van der Waals surface area contributed by atoms with Gasteiger partial charge in [-0.05, 0) is 26.7 Å². The van der Waals surface area contributed by atoms with Crippen LogP contribution in [0.5, 0.6) is 0 Å². The molecule has 0 unspecified atom stereocenters. The van der Waals surface area contributed by atoms with Crippen molar-refractivity contribution in [2.45, 2.75) is 70.9 Å². The summed E-state index contributed by atoms with van der Waals surface area (Å²) in [5.74, 6) is 0.105. The predicted octanol–water partition coefficient (Wildman–Crippen LogP) is 2.81. The molecule has 0 bridgehead atoms. The number of rotatable bonds is 3. The van der Waals surface area contributed by atoms with Gasteiger partial charge < -0.3 is 10.2 Å². The van der Waals surface area contributed by atoms with Crippen LogP contribution in [0.15, 0.2) is 0 Å². The summed E-state index contributed by atoms with van der Waals surface area (Å²) in [5, 5.41) is 3.93. The topological polar surface area (TPSA) is 62.3 Å². The Kier molecular flexibility index (Phi) is 4.99. The molecular weight excluding hydrogens is 310 g/mol. The third-order valence-corrected chi connectivity index (χ3v) is 5.94. The molecule has 1 aliphatic carbocycles. The molecule has 1 saturated heterocycles. The summed E-state index contributed by atoms with van der Waals surface area (Å²) in [5.41, 5.74) is 0.773. The fourth-order valence-corrected chi connectivity index (χ4v) is 4.57. The zero-order valence-electron chi connectivity index (χ0n) is 13.9. The van der Waals surface area contributed by atoms with E-state index in [-0.39, 0.29) is 17.9 Å². The lowest BCUT2D eigenvalue weighted by molar-refractivity contribution is -0.129. The van der Waals surface area contributed by atoms with Crippen LogP contribution in [-0.4, -0.2) is 40.3 Å². The molecule has 2 aliphatic rings. The Labute approximate surface area is 141 Å². The quantitative estimate of drug-likeness (QED) is 0.864. The highest BCUT2D eigenvalue weighted by atomic mass is 32.1. The Morgan fingerprint density at radius 2 is 1.91 bits per heavy atom. The lowest BCUT2D eigenvalue weighted by Crippen LogP contribution is -2.40. The van der Waals surface area contributed by atoms with Gasteiger partial charge in [-0.25, -0.2) is 4.98 Å². The van der Waals surface area contributed by atoms with Crippen LogP contribution in [0.3, 0.4) is 0 Å². The van der Waals surface area contributed by atoms with E-state index in [1.165, 1.54) is 37.0 Å². The van der Waals surface area contributed by atoms with E-state index in [9.17, 15) is 9.59 Å². The van der Waals surface area contributed by atoms with Crippen molar-refractivity contribution in [3.63, 3.8) is 0 Å². The molecule has 126 valence electrons. The van der Waals surface area contributed by atoms with Crippen LogP contribution < -0.4 is 5.32 Å². The molecule has 0 radical (unpaired) electrons. The molecule has 1 saturated carbocycles. The molecule has 1 N–H and O–H groups in total. The van der Waals surface area contributed by atoms with Gasteiger partial charge in [-0.1, -0.05) is 25.7 Å². The molecule has 1 aromatic rings. The third-order valence-electron chi connectivity index (χ3n) is 4.87. The van der Waals surface area contributed by atoms with Gasteiger partial charge in [-0.2, -0.15) is 0 Å². The number of nitrogens with zero attached hydrogens (tertiary/aromatic N) is 2. The maximum Gasteiger partial charge on any atom is 0.263 e. The van der Waals surface area contributed by atoms with Gasteiger partial charge in [-0.3, -0.25) is 9.59 Å². The molecule has 1 aromatic heterocycles. The molecule has 2 fully saturated rings. The summed E-state index contributed by atoms with van der Waals surface area (Å²) in [6, 6.07) is 0.305. The Balaban J connectivity index is 1.61. The van der Waals surface area contributed by atoms with Crippen LogP contribution in [0.1, 0.15) is 65.3 Å². The van der Waals surface area contributed by atoms with Gasteiger partial charge in [0, 0.05) is 19.0 Å². The summed E-state index contributed by atoms with van der Waals surface area (Å²) in [6.45, 7) is 4.42. The number of likely N-dealkylation sites (tertiary alicyclic amines) is 1. The van der Waals surface area contributed by atoms with Gasteiger partial charge in [-0.15, -0.1) is 11.3 Å². The first-order valence-corrected chi connectivity index (χ1v) is 9.40. The molecule has 0 aromatic carbocycles. The standard InChI is InChI=1S/C17H25N3O2S/c1-11-16(23-12(2)18-11)17(22)19-13-9-15(21)20(10-13)14-7-5-3-4-6-8-14/h13-14H,3-10H2,1-2H3,(H,19,22)/t13-/m0/s1. The molecular formula is C17H25N3O2S. The summed E-state index contributed by atoms with van der Waals surface area (Å²) in [6.07, 6.45) is 7.64. The van der Waals surface area contributed by atoms with Gasteiger partial charge in [0.15, 0.2) is 0 Å². The van der Waals surface area contributed by atoms with Crippen LogP contribution in [0.25, 0.3) is 0 Å². The minimum absolute atomic E-state index is 0.0694. The Bertz CT molecular complexity index is 591. The molecule has 0 spiro atoms. The largest absolute Gasteiger partial charge is 0.346 e. The molecule has 1 atom stereocenters. The molecule has 23 heavy (non-hydrogen) atoms. The first-order chi connectivity index (χ1) is 11.0. The number of hydrogen-bond acceptors (Lipinski definition) is 4. The average molecular weight is 335 g/mol. The lowest BCUT2D eigenvalue weighted by Gasteiger charge is -2.27. The van der Waals surface area contributed by atoms with E-state index in [1.54, 1.807) is 0 Å². The van der Waals surface area contributed by atoms with Crippen LogP contribution in [0, 0.1) is 13.8 Å². The zero-order valence-corrected chi connectivity index (χ0v) is 14.7. The molecule has 2 heterocycles. The first-order valence-electron chi connectivity index (χ1n) is 8.59. The lowest BCUT2D eigenvalue weighted by atomic mass is 10.1. The van der Waals surface area contributed by atoms with Crippen molar-refractivity contribution in [1.29, 1.82) is 0 Å². The summed E-state index contributed by atoms with van der Waals surface area (Å²) in [7, 11) is 0. The van der Waals surface area contributed by atoms with E-state index >= 15 is 0 Å². The normalized spacial score (nSPS) is 23.1. The predicted molar refractivity (Wildman–Crippen MR) is 90.7 cm³/mol. The zero-order chi connectivity index (χ0) is 16.4. The smallest absolute Gasteiger partial charge is 0.263 e. The number of amides is 2. The number of carbonyl (C=O) groups is 2. The Morgan fingerprint density at radius 3 is 2.52 bits per heavy atom. The van der Waals surface area contributed by atoms with Gasteiger partial charge in [0.05, 0.1) is 16.7 Å². The van der Waals surface area contributed by atoms with E-state index in [0.29, 0.717) is 23.9 Å². The fourth-order valence-electron chi connectivity index (χ4n) is 3.74. The number of aromatic nitrogens is 1. The highest BCUT2D eigenvalue weighted by molar-refractivity contribution is 7.13. The minimum Gasteiger partial charge on any atom is -0.346 e. The van der Waals surface area contributed by atoms with Crippen molar-refractivity contribution in [3.05, 3.63) is 15.6 Å². The average Bonchev–Trinajstić information content (AvgIpc) is 2.90.